The number of halogens is 4. The van der Waals surface area contributed by atoms with Crippen LogP contribution in [0.5, 0.6) is 0 Å². The highest BCUT2D eigenvalue weighted by Gasteiger charge is 2.38. The number of carboxylic acids is 1. The molecule has 164 valence electrons. The summed E-state index contributed by atoms with van der Waals surface area (Å²) in [4.78, 5) is 23.1. The average molecular weight is 504 g/mol. The van der Waals surface area contributed by atoms with Crippen LogP contribution in [0.25, 0.3) is 0 Å². The van der Waals surface area contributed by atoms with E-state index in [-0.39, 0.29) is 23.9 Å². The smallest absolute Gasteiger partial charge is 0.475 e. The number of hydrogen-bond donors (Lipinski definition) is 2. The highest BCUT2D eigenvalue weighted by molar-refractivity contribution is 9.10. The van der Waals surface area contributed by atoms with E-state index >= 15 is 0 Å². The number of rotatable bonds is 5. The van der Waals surface area contributed by atoms with Crippen LogP contribution in [0.3, 0.4) is 0 Å². The largest absolute Gasteiger partial charge is 0.490 e. The van der Waals surface area contributed by atoms with Gasteiger partial charge in [0.25, 0.3) is 0 Å². The average Bonchev–Trinajstić information content (AvgIpc) is 2.66. The maximum atomic E-state index is 12.6. The number of alkyl halides is 3. The zero-order valence-electron chi connectivity index (χ0n) is 15.4. The summed E-state index contributed by atoms with van der Waals surface area (Å²) in [6.07, 6.45) is -5.08. The first kappa shape index (κ1) is 25.3. The molecule has 1 heterocycles. The minimum absolute atomic E-state index is 0.116. The van der Waals surface area contributed by atoms with Crippen molar-refractivity contribution in [1.29, 1.82) is 0 Å². The van der Waals surface area contributed by atoms with Crippen molar-refractivity contribution in [2.45, 2.75) is 18.0 Å². The van der Waals surface area contributed by atoms with Gasteiger partial charge in [-0.05, 0) is 24.3 Å². The predicted octanol–water partition coefficient (Wildman–Crippen LogP) is 1.52. The van der Waals surface area contributed by atoms with Crippen LogP contribution < -0.4 is 5.32 Å². The summed E-state index contributed by atoms with van der Waals surface area (Å²) >= 11 is 3.28. The Morgan fingerprint density at radius 2 is 1.69 bits per heavy atom. The lowest BCUT2D eigenvalue weighted by Gasteiger charge is -2.29. The summed E-state index contributed by atoms with van der Waals surface area (Å²) < 4.78 is 59.0. The minimum Gasteiger partial charge on any atom is -0.475 e. The van der Waals surface area contributed by atoms with Crippen LogP contribution >= 0.6 is 15.9 Å². The fourth-order valence-corrected chi connectivity index (χ4v) is 3.95. The highest BCUT2D eigenvalue weighted by Crippen LogP contribution is 2.19. The Labute approximate surface area is 174 Å². The van der Waals surface area contributed by atoms with Crippen LogP contribution in [0, 0.1) is 0 Å². The number of carbonyl (C=O) groups excluding carboxylic acids is 1. The summed E-state index contributed by atoms with van der Waals surface area (Å²) in [5, 5.41) is 10.3. The third-order valence-corrected chi connectivity index (χ3v) is 6.29. The van der Waals surface area contributed by atoms with E-state index in [0.717, 1.165) is 17.6 Å². The van der Waals surface area contributed by atoms with Gasteiger partial charge in [-0.1, -0.05) is 22.9 Å². The zero-order valence-corrected chi connectivity index (χ0v) is 17.8. The molecule has 0 atom stereocenters. The first-order valence-electron chi connectivity index (χ1n) is 8.44. The number of carboxylic acid groups (broad SMARTS) is 1. The van der Waals surface area contributed by atoms with Crippen LogP contribution in [0.2, 0.25) is 0 Å². The highest BCUT2D eigenvalue weighted by atomic mass is 79.9. The standard InChI is InChI=1S/C14H20BrN3O3S.C2HF3O2/c1-2-18(11-14(19)17-9-7-16-8-10-17)22(20,21)13-5-3-12(15)4-6-13;3-2(4,5)1(6)7/h3-6,16H,2,7-11H2,1H3;(H,6,7). The SMILES string of the molecule is CCN(CC(=O)N1CCNCC1)S(=O)(=O)c1ccc(Br)cc1.O=C(O)C(F)(F)F. The first-order valence-corrected chi connectivity index (χ1v) is 10.7. The maximum absolute atomic E-state index is 12.6. The van der Waals surface area contributed by atoms with E-state index in [1.165, 1.54) is 16.4 Å². The second kappa shape index (κ2) is 10.9. The van der Waals surface area contributed by atoms with E-state index in [2.05, 4.69) is 21.2 Å². The summed E-state index contributed by atoms with van der Waals surface area (Å²) in [5.41, 5.74) is 0. The summed E-state index contributed by atoms with van der Waals surface area (Å²) in [6.45, 7) is 4.62. The molecule has 0 bridgehead atoms. The fraction of sp³-hybridized carbons (Fsp3) is 0.500. The number of aliphatic carboxylic acids is 1. The van der Waals surface area contributed by atoms with E-state index in [0.29, 0.717) is 13.1 Å². The molecular weight excluding hydrogens is 483 g/mol. The van der Waals surface area contributed by atoms with Gasteiger partial charge in [0, 0.05) is 37.2 Å². The van der Waals surface area contributed by atoms with Gasteiger partial charge in [0.05, 0.1) is 11.4 Å². The molecule has 0 unspecified atom stereocenters. The number of nitrogens with zero attached hydrogens (tertiary/aromatic N) is 2. The lowest BCUT2D eigenvalue weighted by atomic mass is 10.3. The second-order valence-electron chi connectivity index (χ2n) is 5.82. The number of nitrogens with one attached hydrogen (secondary N) is 1. The van der Waals surface area contributed by atoms with Crippen LogP contribution in [0.1, 0.15) is 6.92 Å². The molecule has 1 fully saturated rings. The quantitative estimate of drug-likeness (QED) is 0.630. The van der Waals surface area contributed by atoms with Crippen molar-refractivity contribution >= 4 is 37.8 Å². The van der Waals surface area contributed by atoms with Gasteiger partial charge >= 0.3 is 12.1 Å². The molecule has 1 amide bonds. The molecular formula is C16H21BrF3N3O5S. The van der Waals surface area contributed by atoms with Gasteiger partial charge in [0.1, 0.15) is 0 Å². The van der Waals surface area contributed by atoms with Crippen LogP contribution in [-0.4, -0.2) is 80.1 Å². The lowest BCUT2D eigenvalue weighted by Crippen LogP contribution is -2.50. The number of sulfonamides is 1. The Hall–Kier alpha value is -1.70. The minimum atomic E-state index is -5.08. The molecule has 29 heavy (non-hydrogen) atoms. The normalized spacial score (nSPS) is 14.9. The van der Waals surface area contributed by atoms with Crippen LogP contribution in [0.4, 0.5) is 13.2 Å². The molecule has 0 radical (unpaired) electrons. The molecule has 0 aromatic heterocycles. The van der Waals surface area contributed by atoms with Gasteiger partial charge in [0.15, 0.2) is 0 Å². The Kier molecular flexibility index (Phi) is 9.52. The number of hydrogen-bond acceptors (Lipinski definition) is 5. The van der Waals surface area contributed by atoms with Crippen molar-refractivity contribution in [3.05, 3.63) is 28.7 Å². The van der Waals surface area contributed by atoms with E-state index in [4.69, 9.17) is 9.90 Å². The van der Waals surface area contributed by atoms with Crippen LogP contribution in [-0.2, 0) is 19.6 Å². The van der Waals surface area contributed by atoms with Gasteiger partial charge in [-0.25, -0.2) is 13.2 Å². The van der Waals surface area contributed by atoms with Gasteiger partial charge in [-0.3, -0.25) is 4.79 Å². The van der Waals surface area contributed by atoms with E-state index in [1.807, 2.05) is 0 Å². The Morgan fingerprint density at radius 1 is 1.21 bits per heavy atom. The van der Waals surface area contributed by atoms with Crippen molar-refractivity contribution in [2.75, 3.05) is 39.3 Å². The molecule has 1 aliphatic rings. The third kappa shape index (κ3) is 7.91. The molecule has 8 nitrogen and oxygen atoms in total. The summed E-state index contributed by atoms with van der Waals surface area (Å²) in [5.74, 6) is -2.91. The number of piperazine rings is 1. The number of amides is 1. The molecule has 0 spiro atoms. The van der Waals surface area contributed by atoms with Gasteiger partial charge in [0.2, 0.25) is 15.9 Å². The summed E-state index contributed by atoms with van der Waals surface area (Å²) in [7, 11) is -3.65. The van der Waals surface area contributed by atoms with Gasteiger partial charge in [-0.15, -0.1) is 0 Å². The summed E-state index contributed by atoms with van der Waals surface area (Å²) in [6, 6.07) is 6.44. The van der Waals surface area contributed by atoms with Crippen molar-refractivity contribution in [2.24, 2.45) is 0 Å². The monoisotopic (exact) mass is 503 g/mol. The molecule has 2 rings (SSSR count). The molecule has 0 saturated carbocycles. The van der Waals surface area contributed by atoms with Crippen molar-refractivity contribution in [1.82, 2.24) is 14.5 Å². The molecule has 0 aliphatic carbocycles. The first-order chi connectivity index (χ1) is 13.4. The maximum Gasteiger partial charge on any atom is 0.490 e. The van der Waals surface area contributed by atoms with Crippen molar-refractivity contribution < 1.29 is 36.3 Å². The van der Waals surface area contributed by atoms with E-state index < -0.39 is 22.2 Å². The second-order valence-corrected chi connectivity index (χ2v) is 8.67. The number of benzene rings is 1. The number of likely N-dealkylation sites (N-methyl/N-ethyl adjacent to an activating group) is 1. The third-order valence-electron chi connectivity index (χ3n) is 3.83. The molecule has 1 aromatic rings. The van der Waals surface area contributed by atoms with Crippen LogP contribution in [0.15, 0.2) is 33.6 Å². The van der Waals surface area contributed by atoms with E-state index in [9.17, 15) is 26.4 Å². The lowest BCUT2D eigenvalue weighted by molar-refractivity contribution is -0.192. The Morgan fingerprint density at radius 3 is 2.10 bits per heavy atom. The molecule has 1 aliphatic heterocycles. The van der Waals surface area contributed by atoms with E-state index in [1.54, 1.807) is 24.0 Å². The molecule has 2 N–H and O–H groups in total. The molecule has 1 aromatic carbocycles. The Bertz CT molecular complexity index is 797. The fourth-order valence-electron chi connectivity index (χ4n) is 2.29. The zero-order chi connectivity index (χ0) is 22.2. The Balaban J connectivity index is 0.000000516. The van der Waals surface area contributed by atoms with Crippen molar-refractivity contribution in [3.8, 4) is 0 Å². The predicted molar refractivity (Wildman–Crippen MR) is 102 cm³/mol. The van der Waals surface area contributed by atoms with Gasteiger partial charge < -0.3 is 15.3 Å². The molecule has 1 saturated heterocycles. The van der Waals surface area contributed by atoms with Crippen molar-refractivity contribution in [3.63, 3.8) is 0 Å². The van der Waals surface area contributed by atoms with Gasteiger partial charge in [-0.2, -0.15) is 17.5 Å². The topological polar surface area (TPSA) is 107 Å². The number of carbonyl (C=O) groups is 2. The molecule has 13 heteroatoms.